The van der Waals surface area contributed by atoms with Crippen molar-refractivity contribution >= 4 is 39.9 Å². The predicted octanol–water partition coefficient (Wildman–Crippen LogP) is 2.57. The van der Waals surface area contributed by atoms with E-state index in [1.165, 1.54) is 18.4 Å². The Hall–Kier alpha value is -3.63. The third-order valence-corrected chi connectivity index (χ3v) is 5.88. The molecule has 1 aliphatic heterocycles. The molecule has 0 saturated carbocycles. The Morgan fingerprint density at radius 3 is 2.66 bits per heavy atom. The number of anilines is 2. The molecule has 4 rings (SSSR count). The maximum atomic E-state index is 12.5. The zero-order valence-corrected chi connectivity index (χ0v) is 18.1. The van der Waals surface area contributed by atoms with Gasteiger partial charge in [-0.25, -0.2) is 9.78 Å². The van der Waals surface area contributed by atoms with E-state index >= 15 is 0 Å². The van der Waals surface area contributed by atoms with Crippen LogP contribution in [0.25, 0.3) is 0 Å². The first-order valence-corrected chi connectivity index (χ1v) is 10.7. The van der Waals surface area contributed by atoms with E-state index in [4.69, 9.17) is 0 Å². The van der Waals surface area contributed by atoms with Crippen molar-refractivity contribution in [2.75, 3.05) is 30.8 Å². The van der Waals surface area contributed by atoms with Gasteiger partial charge in [-0.3, -0.25) is 24.8 Å². The monoisotopic (exact) mass is 451 g/mol. The Balaban J connectivity index is 1.32. The van der Waals surface area contributed by atoms with Crippen LogP contribution in [0, 0.1) is 0 Å². The number of ether oxygens (including phenoxy) is 1. The highest BCUT2D eigenvalue weighted by atomic mass is 32.1. The number of nitrogens with one attached hydrogen (secondary N) is 2. The minimum atomic E-state index is -0.424. The Morgan fingerprint density at radius 1 is 1.12 bits per heavy atom. The van der Waals surface area contributed by atoms with Crippen LogP contribution in [0.15, 0.2) is 48.7 Å². The van der Waals surface area contributed by atoms with E-state index in [1.54, 1.807) is 48.7 Å². The highest BCUT2D eigenvalue weighted by Gasteiger charge is 2.23. The first kappa shape index (κ1) is 21.6. The van der Waals surface area contributed by atoms with Crippen molar-refractivity contribution < 1.29 is 19.1 Å². The van der Waals surface area contributed by atoms with Gasteiger partial charge in [0.2, 0.25) is 5.91 Å². The number of thiazole rings is 1. The van der Waals surface area contributed by atoms with Crippen LogP contribution in [0.2, 0.25) is 0 Å². The number of pyridine rings is 1. The van der Waals surface area contributed by atoms with E-state index in [9.17, 15) is 14.4 Å². The molecule has 0 saturated heterocycles. The summed E-state index contributed by atoms with van der Waals surface area (Å²) in [5.74, 6) is -0.870. The van der Waals surface area contributed by atoms with E-state index < -0.39 is 5.97 Å². The van der Waals surface area contributed by atoms with E-state index in [0.29, 0.717) is 41.6 Å². The molecule has 164 valence electrons. The smallest absolute Gasteiger partial charge is 0.337 e. The predicted molar refractivity (Wildman–Crippen MR) is 120 cm³/mol. The van der Waals surface area contributed by atoms with Gasteiger partial charge in [0, 0.05) is 36.3 Å². The Morgan fingerprint density at radius 2 is 1.94 bits per heavy atom. The molecular weight excluding hydrogens is 430 g/mol. The summed E-state index contributed by atoms with van der Waals surface area (Å²) in [6.07, 6.45) is 2.27. The molecule has 0 radical (unpaired) electrons. The van der Waals surface area contributed by atoms with Gasteiger partial charge < -0.3 is 10.1 Å². The standard InChI is InChI=1S/C22H21N5O4S/c1-31-21(30)14-5-7-15(8-6-14)24-19(28)13-27-11-9-16-18(12-27)32-22(25-16)26-20(29)17-4-2-3-10-23-17/h2-8,10H,9,11-13H2,1H3,(H,24,28)(H,25,26,29). The lowest BCUT2D eigenvalue weighted by Gasteiger charge is -2.25. The average molecular weight is 452 g/mol. The van der Waals surface area contributed by atoms with Crippen molar-refractivity contribution in [2.45, 2.75) is 13.0 Å². The number of methoxy groups -OCH3 is 1. The number of amides is 2. The molecule has 9 nitrogen and oxygen atoms in total. The number of fused-ring (bicyclic) bond motifs is 1. The number of rotatable bonds is 6. The van der Waals surface area contributed by atoms with Crippen LogP contribution in [0.1, 0.15) is 31.4 Å². The number of esters is 1. The van der Waals surface area contributed by atoms with Gasteiger partial charge in [-0.15, -0.1) is 11.3 Å². The SMILES string of the molecule is COC(=O)c1ccc(NC(=O)CN2CCc3nc(NC(=O)c4ccccn4)sc3C2)cc1. The number of aromatic nitrogens is 2. The van der Waals surface area contributed by atoms with Crippen LogP contribution in [0.5, 0.6) is 0 Å². The van der Waals surface area contributed by atoms with Crippen LogP contribution in [0.3, 0.4) is 0 Å². The molecule has 1 aromatic carbocycles. The van der Waals surface area contributed by atoms with Gasteiger partial charge in [0.05, 0.1) is 24.9 Å². The van der Waals surface area contributed by atoms with Crippen molar-refractivity contribution in [3.63, 3.8) is 0 Å². The Kier molecular flexibility index (Phi) is 6.52. The molecule has 10 heteroatoms. The second-order valence-electron chi connectivity index (χ2n) is 7.14. The normalized spacial score (nSPS) is 13.2. The summed E-state index contributed by atoms with van der Waals surface area (Å²) in [6, 6.07) is 11.7. The lowest BCUT2D eigenvalue weighted by molar-refractivity contribution is -0.117. The highest BCUT2D eigenvalue weighted by Crippen LogP contribution is 2.28. The zero-order chi connectivity index (χ0) is 22.5. The van der Waals surface area contributed by atoms with Gasteiger partial charge in [0.25, 0.3) is 5.91 Å². The van der Waals surface area contributed by atoms with E-state index in [2.05, 4.69) is 25.3 Å². The van der Waals surface area contributed by atoms with Gasteiger partial charge >= 0.3 is 5.97 Å². The number of carbonyl (C=O) groups excluding carboxylic acids is 3. The third-order valence-electron chi connectivity index (χ3n) is 4.89. The molecule has 1 aliphatic rings. The van der Waals surface area contributed by atoms with Gasteiger partial charge in [-0.1, -0.05) is 6.07 Å². The molecule has 2 N–H and O–H groups in total. The van der Waals surface area contributed by atoms with Gasteiger partial charge in [0.1, 0.15) is 5.69 Å². The number of carbonyl (C=O) groups is 3. The summed E-state index contributed by atoms with van der Waals surface area (Å²) < 4.78 is 4.67. The molecule has 2 amide bonds. The molecule has 0 bridgehead atoms. The minimum Gasteiger partial charge on any atom is -0.465 e. The molecule has 32 heavy (non-hydrogen) atoms. The highest BCUT2D eigenvalue weighted by molar-refractivity contribution is 7.15. The van der Waals surface area contributed by atoms with E-state index in [0.717, 1.165) is 10.6 Å². The topological polar surface area (TPSA) is 114 Å². The number of benzene rings is 1. The largest absolute Gasteiger partial charge is 0.465 e. The van der Waals surface area contributed by atoms with Crippen LogP contribution in [0.4, 0.5) is 10.8 Å². The molecule has 0 atom stereocenters. The fourth-order valence-corrected chi connectivity index (χ4v) is 4.35. The first-order valence-electron chi connectivity index (χ1n) is 9.93. The number of hydrogen-bond donors (Lipinski definition) is 2. The second-order valence-corrected chi connectivity index (χ2v) is 8.22. The van der Waals surface area contributed by atoms with Crippen molar-refractivity contribution in [2.24, 2.45) is 0 Å². The molecule has 3 heterocycles. The second kappa shape index (κ2) is 9.67. The van der Waals surface area contributed by atoms with Crippen molar-refractivity contribution in [1.29, 1.82) is 0 Å². The Bertz CT molecular complexity index is 1130. The lowest BCUT2D eigenvalue weighted by Crippen LogP contribution is -2.36. The first-order chi connectivity index (χ1) is 15.5. The number of nitrogens with zero attached hydrogens (tertiary/aromatic N) is 3. The zero-order valence-electron chi connectivity index (χ0n) is 17.3. The molecular formula is C22H21N5O4S. The van der Waals surface area contributed by atoms with Crippen LogP contribution in [-0.4, -0.2) is 52.9 Å². The summed E-state index contributed by atoms with van der Waals surface area (Å²) in [4.78, 5) is 47.9. The van der Waals surface area contributed by atoms with Crippen LogP contribution >= 0.6 is 11.3 Å². The lowest BCUT2D eigenvalue weighted by atomic mass is 10.2. The minimum absolute atomic E-state index is 0.146. The average Bonchev–Trinajstić information content (AvgIpc) is 3.21. The summed E-state index contributed by atoms with van der Waals surface area (Å²) in [5, 5.41) is 6.16. The maximum absolute atomic E-state index is 12.5. The van der Waals surface area contributed by atoms with Crippen LogP contribution in [-0.2, 0) is 22.5 Å². The third kappa shape index (κ3) is 5.16. The number of hydrogen-bond acceptors (Lipinski definition) is 8. The summed E-state index contributed by atoms with van der Waals surface area (Å²) in [6.45, 7) is 1.51. The Labute approximate surface area is 188 Å². The quantitative estimate of drug-likeness (QED) is 0.554. The van der Waals surface area contributed by atoms with Crippen molar-refractivity contribution in [3.8, 4) is 0 Å². The van der Waals surface area contributed by atoms with Crippen LogP contribution < -0.4 is 10.6 Å². The maximum Gasteiger partial charge on any atom is 0.337 e. The molecule has 0 unspecified atom stereocenters. The summed E-state index contributed by atoms with van der Waals surface area (Å²) in [5.41, 5.74) is 2.31. The van der Waals surface area contributed by atoms with Gasteiger partial charge in [-0.2, -0.15) is 0 Å². The van der Waals surface area contributed by atoms with Crippen molar-refractivity contribution in [3.05, 3.63) is 70.5 Å². The molecule has 0 fully saturated rings. The molecule has 2 aromatic heterocycles. The van der Waals surface area contributed by atoms with Crippen molar-refractivity contribution in [1.82, 2.24) is 14.9 Å². The van der Waals surface area contributed by atoms with Gasteiger partial charge in [-0.05, 0) is 36.4 Å². The van der Waals surface area contributed by atoms with E-state index in [-0.39, 0.29) is 18.4 Å². The summed E-state index contributed by atoms with van der Waals surface area (Å²) in [7, 11) is 1.32. The summed E-state index contributed by atoms with van der Waals surface area (Å²) >= 11 is 1.41. The molecule has 0 spiro atoms. The molecule has 3 aromatic rings. The molecule has 0 aliphatic carbocycles. The fourth-order valence-electron chi connectivity index (χ4n) is 3.31. The van der Waals surface area contributed by atoms with Gasteiger partial charge in [0.15, 0.2) is 5.13 Å². The fraction of sp³-hybridized carbons (Fsp3) is 0.227. The van der Waals surface area contributed by atoms with E-state index in [1.807, 2.05) is 4.90 Å².